The average Bonchev–Trinajstić information content (AvgIpc) is 3.31. The largest absolute Gasteiger partial charge is 0.487 e. The van der Waals surface area contributed by atoms with Gasteiger partial charge in [0.15, 0.2) is 11.5 Å². The van der Waals surface area contributed by atoms with Crippen LogP contribution in [0.25, 0.3) is 0 Å². The lowest BCUT2D eigenvalue weighted by molar-refractivity contribution is 0.101. The van der Waals surface area contributed by atoms with E-state index in [-0.39, 0.29) is 23.1 Å². The van der Waals surface area contributed by atoms with Crippen molar-refractivity contribution in [2.24, 2.45) is 0 Å². The molecule has 0 unspecified atom stereocenters. The second kappa shape index (κ2) is 9.65. The third kappa shape index (κ3) is 4.91. The number of aromatic nitrogens is 3. The topological polar surface area (TPSA) is 82.2 Å². The van der Waals surface area contributed by atoms with Gasteiger partial charge in [-0.2, -0.15) is 5.10 Å². The molecule has 1 N–H and O–H groups in total. The van der Waals surface area contributed by atoms with E-state index < -0.39 is 5.91 Å². The maximum absolute atomic E-state index is 12.9. The van der Waals surface area contributed by atoms with Crippen LogP contribution in [0.3, 0.4) is 0 Å². The third-order valence-corrected chi connectivity index (χ3v) is 5.61. The van der Waals surface area contributed by atoms with E-state index in [4.69, 9.17) is 44.1 Å². The summed E-state index contributed by atoms with van der Waals surface area (Å²) < 4.78 is 12.5. The molecule has 1 amide bonds. The maximum Gasteiger partial charge on any atom is 0.279 e. The molecule has 4 aromatic rings. The molecule has 0 fully saturated rings. The smallest absolute Gasteiger partial charge is 0.279 e. The lowest BCUT2D eigenvalue weighted by atomic mass is 10.2. The second-order valence-electron chi connectivity index (χ2n) is 6.85. The number of anilines is 1. The zero-order valence-corrected chi connectivity index (χ0v) is 19.1. The van der Waals surface area contributed by atoms with Gasteiger partial charge in [0.2, 0.25) is 0 Å². The molecule has 2 heterocycles. The van der Waals surface area contributed by atoms with Gasteiger partial charge in [0.1, 0.15) is 23.1 Å². The van der Waals surface area contributed by atoms with Crippen molar-refractivity contribution in [3.8, 4) is 5.75 Å². The van der Waals surface area contributed by atoms with Gasteiger partial charge < -0.3 is 14.6 Å². The molecule has 0 atom stereocenters. The molecular weight excluding hydrogens is 475 g/mol. The van der Waals surface area contributed by atoms with Gasteiger partial charge in [0.25, 0.3) is 5.91 Å². The number of amides is 1. The maximum atomic E-state index is 12.9. The monoisotopic (exact) mass is 490 g/mol. The summed E-state index contributed by atoms with van der Waals surface area (Å²) in [5, 5.41) is 12.2. The summed E-state index contributed by atoms with van der Waals surface area (Å²) in [5.74, 6) is 0.617. The highest BCUT2D eigenvalue weighted by molar-refractivity contribution is 6.33. The van der Waals surface area contributed by atoms with E-state index >= 15 is 0 Å². The van der Waals surface area contributed by atoms with Crippen LogP contribution in [0.2, 0.25) is 15.1 Å². The number of para-hydroxylation sites is 1. The predicted octanol–water partition coefficient (Wildman–Crippen LogP) is 6.02. The Balaban J connectivity index is 1.48. The van der Waals surface area contributed by atoms with Crippen molar-refractivity contribution in [2.75, 3.05) is 5.32 Å². The molecule has 0 radical (unpaired) electrons. The molecule has 0 spiro atoms. The predicted molar refractivity (Wildman–Crippen MR) is 123 cm³/mol. The van der Waals surface area contributed by atoms with Crippen LogP contribution in [0, 0.1) is 6.92 Å². The number of aryl methyl sites for hydroxylation is 1. The first-order valence-electron chi connectivity index (χ1n) is 9.52. The highest BCUT2D eigenvalue weighted by Crippen LogP contribution is 2.26. The number of halogens is 3. The van der Waals surface area contributed by atoms with Gasteiger partial charge in [0, 0.05) is 11.2 Å². The first-order valence-corrected chi connectivity index (χ1v) is 10.7. The Morgan fingerprint density at radius 3 is 2.53 bits per heavy atom. The van der Waals surface area contributed by atoms with E-state index in [0.29, 0.717) is 33.7 Å². The SMILES string of the molecule is Cc1onc(C(=O)Nc2nn(Cc3ccccc3Cl)cc2Cl)c1COc1ccccc1Cl. The molecule has 7 nitrogen and oxygen atoms in total. The summed E-state index contributed by atoms with van der Waals surface area (Å²) in [6.07, 6.45) is 1.61. The molecule has 4 rings (SSSR count). The van der Waals surface area contributed by atoms with Crippen LogP contribution in [0.1, 0.15) is 27.4 Å². The van der Waals surface area contributed by atoms with Crippen molar-refractivity contribution in [3.63, 3.8) is 0 Å². The molecule has 0 bridgehead atoms. The van der Waals surface area contributed by atoms with Gasteiger partial charge in [-0.3, -0.25) is 9.48 Å². The fourth-order valence-corrected chi connectivity index (χ4v) is 3.57. The van der Waals surface area contributed by atoms with Crippen molar-refractivity contribution in [2.45, 2.75) is 20.1 Å². The van der Waals surface area contributed by atoms with Crippen LogP contribution in [0.4, 0.5) is 5.82 Å². The van der Waals surface area contributed by atoms with Crippen molar-refractivity contribution in [3.05, 3.63) is 92.4 Å². The van der Waals surface area contributed by atoms with Crippen LogP contribution in [0.15, 0.2) is 59.3 Å². The number of benzene rings is 2. The number of nitrogens with zero attached hydrogens (tertiary/aromatic N) is 3. The van der Waals surface area contributed by atoms with Crippen molar-refractivity contribution >= 4 is 46.5 Å². The number of ether oxygens (including phenoxy) is 1. The Morgan fingerprint density at radius 2 is 1.78 bits per heavy atom. The van der Waals surface area contributed by atoms with E-state index in [9.17, 15) is 4.79 Å². The van der Waals surface area contributed by atoms with Crippen molar-refractivity contribution in [1.82, 2.24) is 14.9 Å². The third-order valence-electron chi connectivity index (χ3n) is 4.65. The Bertz CT molecular complexity index is 1270. The van der Waals surface area contributed by atoms with Gasteiger partial charge >= 0.3 is 0 Å². The standard InChI is InChI=1S/C22H17Cl3N4O3/c1-13-15(12-31-19-9-5-4-8-17(19)24)20(28-32-13)22(30)26-21-18(25)11-29(27-21)10-14-6-2-3-7-16(14)23/h2-9,11H,10,12H2,1H3,(H,26,27,30). The lowest BCUT2D eigenvalue weighted by Crippen LogP contribution is -2.16. The Labute approximate surface area is 198 Å². The second-order valence-corrected chi connectivity index (χ2v) is 8.08. The summed E-state index contributed by atoms with van der Waals surface area (Å²) >= 11 is 18.6. The van der Waals surface area contributed by atoms with Crippen molar-refractivity contribution < 1.29 is 14.1 Å². The van der Waals surface area contributed by atoms with Gasteiger partial charge in [-0.05, 0) is 30.7 Å². The van der Waals surface area contributed by atoms with Gasteiger partial charge in [-0.15, -0.1) is 0 Å². The molecule has 0 aliphatic rings. The molecule has 0 aliphatic heterocycles. The molecule has 0 aliphatic carbocycles. The van der Waals surface area contributed by atoms with Crippen LogP contribution in [-0.2, 0) is 13.2 Å². The summed E-state index contributed by atoms with van der Waals surface area (Å²) in [6, 6.07) is 14.5. The minimum Gasteiger partial charge on any atom is -0.487 e. The van der Waals surface area contributed by atoms with Crippen LogP contribution in [-0.4, -0.2) is 20.8 Å². The summed E-state index contributed by atoms with van der Waals surface area (Å²) in [7, 11) is 0. The van der Waals surface area contributed by atoms with E-state index in [1.165, 1.54) is 0 Å². The normalized spacial score (nSPS) is 10.9. The van der Waals surface area contributed by atoms with Gasteiger partial charge in [0.05, 0.1) is 17.1 Å². The summed E-state index contributed by atoms with van der Waals surface area (Å²) in [6.45, 7) is 2.14. The zero-order valence-electron chi connectivity index (χ0n) is 16.8. The Hall–Kier alpha value is -3.00. The van der Waals surface area contributed by atoms with Gasteiger partial charge in [-0.1, -0.05) is 70.3 Å². The number of carbonyl (C=O) groups excluding carboxylic acids is 1. The molecule has 0 saturated carbocycles. The number of carbonyl (C=O) groups is 1. The molecule has 164 valence electrons. The number of nitrogens with one attached hydrogen (secondary N) is 1. The first-order chi connectivity index (χ1) is 15.4. The minimum absolute atomic E-state index is 0.0521. The average molecular weight is 492 g/mol. The number of hydrogen-bond acceptors (Lipinski definition) is 5. The summed E-state index contributed by atoms with van der Waals surface area (Å²) in [5.41, 5.74) is 1.44. The van der Waals surface area contributed by atoms with Crippen LogP contribution >= 0.6 is 34.8 Å². The van der Waals surface area contributed by atoms with E-state index in [0.717, 1.165) is 5.56 Å². The number of hydrogen-bond donors (Lipinski definition) is 1. The van der Waals surface area contributed by atoms with Gasteiger partial charge in [-0.25, -0.2) is 0 Å². The van der Waals surface area contributed by atoms with Crippen LogP contribution in [0.5, 0.6) is 5.75 Å². The van der Waals surface area contributed by atoms with E-state index in [1.54, 1.807) is 48.1 Å². The fourth-order valence-electron chi connectivity index (χ4n) is 2.98. The number of rotatable bonds is 7. The Morgan fingerprint density at radius 1 is 1.06 bits per heavy atom. The zero-order chi connectivity index (χ0) is 22.7. The molecule has 0 saturated heterocycles. The molecule has 10 heteroatoms. The quantitative estimate of drug-likeness (QED) is 0.342. The molecule has 2 aromatic heterocycles. The van der Waals surface area contributed by atoms with E-state index in [2.05, 4.69) is 15.6 Å². The van der Waals surface area contributed by atoms with E-state index in [1.807, 2.05) is 18.2 Å². The lowest BCUT2D eigenvalue weighted by Gasteiger charge is -2.08. The highest BCUT2D eigenvalue weighted by atomic mass is 35.5. The molecule has 32 heavy (non-hydrogen) atoms. The molecule has 2 aromatic carbocycles. The summed E-state index contributed by atoms with van der Waals surface area (Å²) in [4.78, 5) is 12.9. The first kappa shape index (κ1) is 22.2. The van der Waals surface area contributed by atoms with Crippen LogP contribution < -0.4 is 10.1 Å². The van der Waals surface area contributed by atoms with Crippen molar-refractivity contribution in [1.29, 1.82) is 0 Å². The fraction of sp³-hybridized carbons (Fsp3) is 0.136. The highest BCUT2D eigenvalue weighted by Gasteiger charge is 2.22. The molecular formula is C22H17Cl3N4O3. The minimum atomic E-state index is -0.524. The Kier molecular flexibility index (Phi) is 6.69.